The topological polar surface area (TPSA) is 368 Å². The summed E-state index contributed by atoms with van der Waals surface area (Å²) in [6, 6.07) is 63.4. The second-order valence-corrected chi connectivity index (χ2v) is 23.3. The molecule has 0 radical (unpaired) electrons. The Morgan fingerprint density at radius 3 is 1.25 bits per heavy atom. The number of anilines is 1. The predicted octanol–water partition coefficient (Wildman–Crippen LogP) is 14.2. The Hall–Kier alpha value is -7.85. The summed E-state index contributed by atoms with van der Waals surface area (Å²) in [6.07, 6.45) is 6.87. The molecular weight excluding hydrogens is 2100 g/mol. The maximum absolute atomic E-state index is 12.2. The van der Waals surface area contributed by atoms with Crippen LogP contribution in [-0.2, 0) is 110 Å². The number of esters is 2. The summed E-state index contributed by atoms with van der Waals surface area (Å²) >= 11 is 0. The molecule has 0 heterocycles. The molecule has 564 valence electrons. The monoisotopic (exact) mass is 2190 g/mol. The van der Waals surface area contributed by atoms with Gasteiger partial charge in [0.05, 0.1) is 27.9 Å². The smallest absolute Gasteiger partial charge is 0.343 e. The van der Waals surface area contributed by atoms with Gasteiger partial charge in [0.25, 0.3) is 0 Å². The van der Waals surface area contributed by atoms with Crippen molar-refractivity contribution in [3.63, 3.8) is 0 Å². The minimum Gasteiger partial charge on any atom is -0.508 e. The molecule has 4 unspecified atom stereocenters. The van der Waals surface area contributed by atoms with Crippen LogP contribution in [0.2, 0.25) is 0 Å². The number of guanidine groups is 2. The minimum absolute atomic E-state index is 0. The number of nitrogens with zero attached hydrogens (tertiary/aromatic N) is 2. The number of carboxylic acid groups (broad SMARTS) is 2. The summed E-state index contributed by atoms with van der Waals surface area (Å²) in [6.45, 7) is 0. The maximum Gasteiger partial charge on any atom is 0.343 e. The van der Waals surface area contributed by atoms with Gasteiger partial charge in [0, 0.05) is 115 Å². The fraction of sp³-hybridized carbons (Fsp3) is 0.128. The Morgan fingerprint density at radius 2 is 0.858 bits per heavy atom. The number of nitrogens with one attached hydrogen (secondary N) is 4. The van der Waals surface area contributed by atoms with Crippen LogP contribution in [0.4, 0.5) is 11.4 Å². The molecule has 0 aliphatic heterocycles. The first-order valence-corrected chi connectivity index (χ1v) is 33.8. The molecular formula is C78H94N10O10P4W4-4. The molecule has 0 aliphatic carbocycles. The largest absolute Gasteiger partial charge is 0.508 e. The summed E-state index contributed by atoms with van der Waals surface area (Å²) < 4.78 is 11.0. The van der Waals surface area contributed by atoms with E-state index in [9.17, 15) is 29.4 Å². The number of aryl methyl sites for hydroxylation is 4. The van der Waals surface area contributed by atoms with Crippen LogP contribution in [0.5, 0.6) is 23.0 Å². The van der Waals surface area contributed by atoms with Crippen LogP contribution in [0.3, 0.4) is 0 Å². The van der Waals surface area contributed by atoms with Crippen molar-refractivity contribution in [2.24, 2.45) is 32.9 Å². The van der Waals surface area contributed by atoms with Crippen LogP contribution in [0.15, 0.2) is 228 Å². The molecule has 10 aromatic carbocycles. The van der Waals surface area contributed by atoms with Gasteiger partial charge in [-0.25, -0.2) is 24.2 Å². The van der Waals surface area contributed by atoms with Crippen molar-refractivity contribution in [3.8, 4) is 23.0 Å². The van der Waals surface area contributed by atoms with Crippen LogP contribution >= 0.6 is 37.0 Å². The maximum atomic E-state index is 12.2. The van der Waals surface area contributed by atoms with E-state index < -0.39 is 11.9 Å². The van der Waals surface area contributed by atoms with Crippen LogP contribution < -0.4 is 43.0 Å². The van der Waals surface area contributed by atoms with Gasteiger partial charge in [0.15, 0.2) is 11.9 Å². The number of hydrogen-bond donors (Lipinski definition) is 12. The van der Waals surface area contributed by atoms with Gasteiger partial charge in [-0.3, -0.25) is 15.8 Å². The number of nitrogen functional groups attached to an aromatic ring is 2. The minimum atomic E-state index is -0.879. The van der Waals surface area contributed by atoms with Gasteiger partial charge in [-0.05, 0) is 228 Å². The summed E-state index contributed by atoms with van der Waals surface area (Å²) in [5.41, 5.74) is 30.6. The van der Waals surface area contributed by atoms with Gasteiger partial charge in [0.2, 0.25) is 0 Å². The van der Waals surface area contributed by atoms with E-state index in [4.69, 9.17) is 53.4 Å². The number of benzene rings is 10. The number of carboxylic acids is 2. The van der Waals surface area contributed by atoms with Crippen molar-refractivity contribution in [1.82, 2.24) is 5.32 Å². The number of amidine groups is 2. The fourth-order valence-electron chi connectivity index (χ4n) is 9.19. The molecule has 0 amide bonds. The molecule has 0 aliphatic rings. The van der Waals surface area contributed by atoms with E-state index in [0.29, 0.717) is 56.7 Å². The molecule has 0 saturated carbocycles. The van der Waals surface area contributed by atoms with Crippen LogP contribution in [-0.4, -0.2) is 107 Å². The van der Waals surface area contributed by atoms with E-state index in [0.717, 1.165) is 105 Å². The summed E-state index contributed by atoms with van der Waals surface area (Å²) in [5, 5.41) is 61.2. The number of hydrogen-bond acceptors (Lipinski definition) is 12. The molecule has 0 bridgehead atoms. The van der Waals surface area contributed by atoms with Gasteiger partial charge in [-0.15, -0.1) is 37.0 Å². The molecule has 0 fully saturated rings. The SMILES string of the molecule is CN=C(NC)Nc1ccc(O)c(CCP)c1.N=C(N)c1cc(CCP)c2cc(O)ccc2c1.N=C(N)c1cc(CCP)c2cc(OC(=O)c3ccccc3)ccc2c1.NC(N)=Nc1ccc(OC(=O)c2ccccc2)c(CCP)c1.O=C(O)c1ccccc1.O=C(O)c1ccccc1.[CH3-].[CH3-].[CH3-].[CH3-].[W].[W].[W].[W]. The number of aromatic carboxylic acids is 2. The number of rotatable bonds is 18. The molecule has 0 aromatic heterocycles. The number of carbonyl (C=O) groups is 4. The number of phenolic OH excluding ortho intramolecular Hbond substituents is 2. The molecule has 0 saturated heterocycles. The van der Waals surface area contributed by atoms with E-state index in [1.165, 1.54) is 0 Å². The first-order valence-electron chi connectivity index (χ1n) is 30.5. The molecule has 10 rings (SSSR count). The van der Waals surface area contributed by atoms with Gasteiger partial charge in [-0.2, -0.15) is 0 Å². The third-order valence-electron chi connectivity index (χ3n) is 13.9. The summed E-state index contributed by atoms with van der Waals surface area (Å²) in [7, 11) is 14.2. The van der Waals surface area contributed by atoms with Gasteiger partial charge in [-0.1, -0.05) is 84.9 Å². The number of nitrogens with two attached hydrogens (primary N) is 4. The number of ether oxygens (including phenoxy) is 2. The Balaban J connectivity index is -0.000000598. The number of aliphatic imine (C=N–C) groups is 2. The molecule has 16 N–H and O–H groups in total. The van der Waals surface area contributed by atoms with E-state index in [1.807, 2.05) is 72.8 Å². The number of carbonyl (C=O) groups excluding carboxylic acids is 2. The van der Waals surface area contributed by atoms with Gasteiger partial charge < -0.3 is 93.2 Å². The van der Waals surface area contributed by atoms with Crippen molar-refractivity contribution in [2.45, 2.75) is 25.7 Å². The van der Waals surface area contributed by atoms with Gasteiger partial charge in [0.1, 0.15) is 34.7 Å². The van der Waals surface area contributed by atoms with E-state index >= 15 is 0 Å². The second-order valence-electron chi connectivity index (χ2n) is 21.0. The van der Waals surface area contributed by atoms with E-state index in [1.54, 1.807) is 160 Å². The van der Waals surface area contributed by atoms with E-state index in [-0.39, 0.29) is 149 Å². The average Bonchev–Trinajstić information content (AvgIpc) is 0.804. The Kier molecular flexibility index (Phi) is 55.6. The van der Waals surface area contributed by atoms with Crippen molar-refractivity contribution in [2.75, 3.05) is 44.1 Å². The van der Waals surface area contributed by atoms with Gasteiger partial charge >= 0.3 is 23.9 Å². The quantitative estimate of drug-likeness (QED) is 0.00722. The molecule has 10 aromatic rings. The molecule has 106 heavy (non-hydrogen) atoms. The first kappa shape index (κ1) is 105. The standard InChI is InChI=1S/C20H19N2O2P.C16H18N3O2P.C13H15N2OP.C11H18N3OP.2C7H6O2.4CH3.4W/c21-19(22)16-10-14-6-7-17(12-18(14)15(11-16)8-9-25)24-20(23)13-4-2-1-3-5-13;17-16(18)19-13-6-7-14(12(10-13)8-9-22)21-15(20)11-4-2-1-3-5-11;14-13(15)10-5-8-1-2-11(16)7-12(8)9(6-10)3-4-17;1-12-11(13-2)14-9-3-4-10(15)8(7-9)5-6-16;2*8-7(9)6-4-2-1-3-5-6;;;;;;;;/h1-7,10-12H,8-9,25H2,(H3,21,22);1-7,10H,8-9,22H2,(H4,17,18,19);1-2,5-7,16H,3-4,17H2,(H3,14,15);3-4,7,15H,5-6,16H2,1-2H3,(H2,12,13,14);2*1-5H,(H,8,9);4*1H3;;;;/q;;;;;;4*-1;;;;. The van der Waals surface area contributed by atoms with Crippen molar-refractivity contribution in [3.05, 3.63) is 304 Å². The fourth-order valence-corrected chi connectivity index (χ4v) is 10.4. The average molecular weight is 2190 g/mol. The second kappa shape index (κ2) is 56.4. The predicted molar refractivity (Wildman–Crippen MR) is 436 cm³/mol. The van der Waals surface area contributed by atoms with Crippen molar-refractivity contribution >= 4 is 117 Å². The third-order valence-corrected chi connectivity index (χ3v) is 15.0. The molecule has 4 atom stereocenters. The number of aromatic hydroxyl groups is 2. The van der Waals surface area contributed by atoms with Crippen LogP contribution in [0.25, 0.3) is 21.5 Å². The Bertz CT molecular complexity index is 4340. The molecule has 0 spiro atoms. The van der Waals surface area contributed by atoms with Crippen molar-refractivity contribution in [1.29, 1.82) is 10.8 Å². The van der Waals surface area contributed by atoms with Crippen molar-refractivity contribution < 1.29 is 133 Å². The number of phenols is 2. The zero-order chi connectivity index (χ0) is 71.5. The Morgan fingerprint density at radius 1 is 0.453 bits per heavy atom. The Labute approximate surface area is 690 Å². The summed E-state index contributed by atoms with van der Waals surface area (Å²) in [5.74, 6) is -0.0950. The zero-order valence-corrected chi connectivity index (χ0v) is 76.2. The summed E-state index contributed by atoms with van der Waals surface area (Å²) in [4.78, 5) is 52.8. The first-order chi connectivity index (χ1) is 47.1. The third kappa shape index (κ3) is 35.7. The normalized spacial score (nSPS) is 9.51. The van der Waals surface area contributed by atoms with E-state index in [2.05, 4.69) is 57.6 Å². The number of fused-ring (bicyclic) bond motifs is 2. The van der Waals surface area contributed by atoms with Crippen LogP contribution in [0, 0.1) is 40.5 Å². The molecule has 28 heteroatoms. The van der Waals surface area contributed by atoms with Crippen LogP contribution in [0.1, 0.15) is 74.8 Å². The molecule has 20 nitrogen and oxygen atoms in total. The zero-order valence-electron chi connectivity index (χ0n) is 59.8.